The number of hydrogen-bond acceptors (Lipinski definition) is 8. The van der Waals surface area contributed by atoms with E-state index in [4.69, 9.17) is 29.3 Å². The van der Waals surface area contributed by atoms with Crippen LogP contribution in [0.2, 0.25) is 0 Å². The summed E-state index contributed by atoms with van der Waals surface area (Å²) in [5.41, 5.74) is 2.35. The van der Waals surface area contributed by atoms with Crippen molar-refractivity contribution in [2.24, 2.45) is 0 Å². The number of nitrogens with one attached hydrogen (secondary N) is 1. The molecule has 32 heavy (non-hydrogen) atoms. The second-order valence-electron chi connectivity index (χ2n) is 7.71. The molecule has 0 amide bonds. The Morgan fingerprint density at radius 3 is 2.72 bits per heavy atom. The molecule has 0 bridgehead atoms. The Morgan fingerprint density at radius 2 is 1.97 bits per heavy atom. The predicted octanol–water partition coefficient (Wildman–Crippen LogP) is 4.36. The summed E-state index contributed by atoms with van der Waals surface area (Å²) in [6.07, 6.45) is 3.90. The number of benzene rings is 1. The average molecular weight is 458 g/mol. The maximum absolute atomic E-state index is 10.9. The third kappa shape index (κ3) is 4.63. The fourth-order valence-electron chi connectivity index (χ4n) is 3.93. The number of carboxylic acid groups (broad SMARTS) is 1. The topological polar surface area (TPSA) is 103 Å². The molecule has 2 N–H and O–H groups in total. The van der Waals surface area contributed by atoms with Crippen molar-refractivity contribution >= 4 is 33.3 Å². The lowest BCUT2D eigenvalue weighted by atomic mass is 9.97. The highest BCUT2D eigenvalue weighted by atomic mass is 32.1. The van der Waals surface area contributed by atoms with Gasteiger partial charge in [-0.3, -0.25) is 0 Å². The molecule has 0 aliphatic heterocycles. The van der Waals surface area contributed by atoms with Gasteiger partial charge >= 0.3 is 5.97 Å². The van der Waals surface area contributed by atoms with Crippen molar-refractivity contribution in [3.05, 3.63) is 40.0 Å². The summed E-state index contributed by atoms with van der Waals surface area (Å²) < 4.78 is 16.2. The minimum Gasteiger partial charge on any atom is -0.493 e. The Hall–Kier alpha value is -2.91. The van der Waals surface area contributed by atoms with Gasteiger partial charge in [-0.15, -0.1) is 11.3 Å². The van der Waals surface area contributed by atoms with Crippen molar-refractivity contribution in [2.45, 2.75) is 45.3 Å². The van der Waals surface area contributed by atoms with E-state index < -0.39 is 18.7 Å². The van der Waals surface area contributed by atoms with E-state index in [0.29, 0.717) is 23.9 Å². The Kier molecular flexibility index (Phi) is 6.76. The molecule has 2 aromatic heterocycles. The van der Waals surface area contributed by atoms with Crippen LogP contribution in [0, 0.1) is 0 Å². The second kappa shape index (κ2) is 9.70. The minimum atomic E-state index is -1.02. The zero-order valence-electron chi connectivity index (χ0n) is 18.4. The molecular formula is C23H27N3O5S. The van der Waals surface area contributed by atoms with Crippen molar-refractivity contribution in [3.63, 3.8) is 0 Å². The van der Waals surface area contributed by atoms with Crippen LogP contribution < -0.4 is 14.8 Å². The second-order valence-corrected chi connectivity index (χ2v) is 8.79. The first kappa shape index (κ1) is 22.3. The van der Waals surface area contributed by atoms with Crippen molar-refractivity contribution in [1.82, 2.24) is 9.97 Å². The third-order valence-corrected chi connectivity index (χ3v) is 6.75. The Bertz CT molecular complexity index is 1130. The van der Waals surface area contributed by atoms with Crippen LogP contribution in [0.25, 0.3) is 10.2 Å². The van der Waals surface area contributed by atoms with Gasteiger partial charge in [0.1, 0.15) is 23.4 Å². The van der Waals surface area contributed by atoms with Gasteiger partial charge in [0, 0.05) is 11.4 Å². The van der Waals surface area contributed by atoms with Crippen LogP contribution >= 0.6 is 11.3 Å². The van der Waals surface area contributed by atoms with Gasteiger partial charge in [-0.2, -0.15) is 0 Å². The molecule has 8 nitrogen and oxygen atoms in total. The van der Waals surface area contributed by atoms with E-state index in [1.54, 1.807) is 32.5 Å². The summed E-state index contributed by atoms with van der Waals surface area (Å²) in [4.78, 5) is 22.7. The molecule has 170 valence electrons. The summed E-state index contributed by atoms with van der Waals surface area (Å²) in [6, 6.07) is 5.80. The van der Waals surface area contributed by atoms with Crippen molar-refractivity contribution in [2.75, 3.05) is 26.1 Å². The fraction of sp³-hybridized carbons (Fsp3) is 0.435. The number of methoxy groups -OCH3 is 2. The molecule has 1 atom stereocenters. The van der Waals surface area contributed by atoms with Gasteiger partial charge in [-0.25, -0.2) is 14.8 Å². The lowest BCUT2D eigenvalue weighted by Crippen LogP contribution is -2.13. The van der Waals surface area contributed by atoms with E-state index in [1.165, 1.54) is 16.9 Å². The molecule has 0 saturated heterocycles. The molecule has 1 aliphatic rings. The van der Waals surface area contributed by atoms with Crippen LogP contribution in [0.4, 0.5) is 5.82 Å². The number of carboxylic acids is 1. The van der Waals surface area contributed by atoms with Gasteiger partial charge in [0.2, 0.25) is 0 Å². The van der Waals surface area contributed by atoms with Gasteiger partial charge in [0.05, 0.1) is 19.6 Å². The van der Waals surface area contributed by atoms with Gasteiger partial charge in [-0.1, -0.05) is 6.07 Å². The molecule has 0 fully saturated rings. The lowest BCUT2D eigenvalue weighted by Gasteiger charge is -2.16. The standard InChI is InChI=1S/C23H27N3O5S/c1-13(31-12-19(27)28)21-25-22(20-15-6-4-5-7-18(15)32-23(20)26-21)24-11-14-8-9-16(29-2)17(10-14)30-3/h8-10,13H,4-7,11-12H2,1-3H3,(H,27,28)(H,24,25,26). The zero-order chi connectivity index (χ0) is 22.7. The molecule has 4 rings (SSSR count). The van der Waals surface area contributed by atoms with Crippen molar-refractivity contribution in [1.29, 1.82) is 0 Å². The average Bonchev–Trinajstić information content (AvgIpc) is 3.19. The summed E-state index contributed by atoms with van der Waals surface area (Å²) >= 11 is 1.70. The van der Waals surface area contributed by atoms with E-state index in [0.717, 1.165) is 40.9 Å². The highest BCUT2D eigenvalue weighted by Gasteiger charge is 2.23. The first-order valence-corrected chi connectivity index (χ1v) is 11.4. The number of aromatic nitrogens is 2. The SMILES string of the molecule is COc1ccc(CNc2nc(C(C)OCC(=O)O)nc3sc4c(c23)CCCC4)cc1OC. The van der Waals surface area contributed by atoms with Crippen molar-refractivity contribution < 1.29 is 24.1 Å². The smallest absolute Gasteiger partial charge is 0.329 e. The largest absolute Gasteiger partial charge is 0.493 e. The van der Waals surface area contributed by atoms with E-state index in [-0.39, 0.29) is 0 Å². The number of carbonyl (C=O) groups is 1. The summed E-state index contributed by atoms with van der Waals surface area (Å²) in [7, 11) is 3.23. The van der Waals surface area contributed by atoms with E-state index >= 15 is 0 Å². The van der Waals surface area contributed by atoms with E-state index in [2.05, 4.69) is 5.32 Å². The molecule has 3 aromatic rings. The van der Waals surface area contributed by atoms with Gasteiger partial charge in [-0.05, 0) is 55.9 Å². The number of nitrogens with zero attached hydrogens (tertiary/aromatic N) is 2. The number of anilines is 1. The maximum Gasteiger partial charge on any atom is 0.329 e. The Balaban J connectivity index is 1.68. The highest BCUT2D eigenvalue weighted by Crippen LogP contribution is 2.39. The van der Waals surface area contributed by atoms with Crippen LogP contribution in [-0.4, -0.2) is 41.9 Å². The van der Waals surface area contributed by atoms with Gasteiger partial charge in [0.25, 0.3) is 0 Å². The summed E-state index contributed by atoms with van der Waals surface area (Å²) in [6.45, 7) is 1.93. The van der Waals surface area contributed by atoms with Crippen LogP contribution in [-0.2, 0) is 28.9 Å². The number of rotatable bonds is 9. The molecule has 0 spiro atoms. The fourth-order valence-corrected chi connectivity index (χ4v) is 5.20. The molecule has 0 saturated carbocycles. The van der Waals surface area contributed by atoms with Crippen LogP contribution in [0.5, 0.6) is 11.5 Å². The molecule has 9 heteroatoms. The zero-order valence-corrected chi connectivity index (χ0v) is 19.3. The number of hydrogen-bond donors (Lipinski definition) is 2. The van der Waals surface area contributed by atoms with Crippen LogP contribution in [0.15, 0.2) is 18.2 Å². The van der Waals surface area contributed by atoms with Gasteiger partial charge < -0.3 is 24.6 Å². The minimum absolute atomic E-state index is 0.391. The Morgan fingerprint density at radius 1 is 1.19 bits per heavy atom. The highest BCUT2D eigenvalue weighted by molar-refractivity contribution is 7.19. The maximum atomic E-state index is 10.9. The molecule has 0 radical (unpaired) electrons. The first-order chi connectivity index (χ1) is 15.5. The Labute approximate surface area is 190 Å². The quantitative estimate of drug-likeness (QED) is 0.489. The third-order valence-electron chi connectivity index (χ3n) is 5.56. The number of aliphatic carboxylic acids is 1. The molecule has 1 aromatic carbocycles. The first-order valence-electron chi connectivity index (χ1n) is 10.6. The number of aryl methyl sites for hydroxylation is 2. The molecule has 1 aliphatic carbocycles. The predicted molar refractivity (Wildman–Crippen MR) is 123 cm³/mol. The number of thiophene rings is 1. The van der Waals surface area contributed by atoms with Crippen LogP contribution in [0.1, 0.15) is 47.7 Å². The lowest BCUT2D eigenvalue weighted by molar-refractivity contribution is -0.144. The number of ether oxygens (including phenoxy) is 3. The van der Waals surface area contributed by atoms with E-state index in [9.17, 15) is 4.79 Å². The van der Waals surface area contributed by atoms with Crippen molar-refractivity contribution in [3.8, 4) is 11.5 Å². The molecule has 2 heterocycles. The monoisotopic (exact) mass is 457 g/mol. The van der Waals surface area contributed by atoms with Gasteiger partial charge in [0.15, 0.2) is 17.3 Å². The normalized spacial score (nSPS) is 14.1. The summed E-state index contributed by atoms with van der Waals surface area (Å²) in [5.74, 6) is 1.57. The van der Waals surface area contributed by atoms with E-state index in [1.807, 2.05) is 18.2 Å². The molecule has 1 unspecified atom stereocenters. The van der Waals surface area contributed by atoms with Crippen LogP contribution in [0.3, 0.4) is 0 Å². The number of fused-ring (bicyclic) bond motifs is 3. The summed E-state index contributed by atoms with van der Waals surface area (Å²) in [5, 5.41) is 13.5. The molecular weight excluding hydrogens is 430 g/mol.